The van der Waals surface area contributed by atoms with Gasteiger partial charge in [-0.05, 0) is 26.2 Å². The minimum Gasteiger partial charge on any atom is -0.386 e. The molecule has 0 fully saturated rings. The third-order valence-electron chi connectivity index (χ3n) is 6.02. The molecule has 0 aliphatic rings. The summed E-state index contributed by atoms with van der Waals surface area (Å²) in [6, 6.07) is 0. The first-order valence-corrected chi connectivity index (χ1v) is 12.0. The predicted molar refractivity (Wildman–Crippen MR) is 116 cm³/mol. The first-order chi connectivity index (χ1) is 14.9. The minimum atomic E-state index is -4.47. The number of nitrogens with zero attached hydrogens (tertiary/aromatic N) is 3. The smallest absolute Gasteiger partial charge is 0.359 e. The fourth-order valence-electron chi connectivity index (χ4n) is 3.46. The summed E-state index contributed by atoms with van der Waals surface area (Å²) < 4.78 is 25.0. The van der Waals surface area contributed by atoms with Crippen molar-refractivity contribution in [3.8, 4) is 0 Å². The van der Waals surface area contributed by atoms with Crippen LogP contribution in [0.4, 0.5) is 0 Å². The van der Waals surface area contributed by atoms with Crippen molar-refractivity contribution < 1.29 is 34.0 Å². The number of aromatic amines is 1. The van der Waals surface area contributed by atoms with Gasteiger partial charge >= 0.3 is 7.60 Å². The van der Waals surface area contributed by atoms with Crippen molar-refractivity contribution in [2.24, 2.45) is 0 Å². The van der Waals surface area contributed by atoms with Crippen LogP contribution in [0.5, 0.6) is 0 Å². The number of nitrogens with one attached hydrogen (secondary N) is 1. The molecule has 5 atom stereocenters. The quantitative estimate of drug-likeness (QED) is 0.280. The lowest BCUT2D eigenvalue weighted by atomic mass is 9.92. The van der Waals surface area contributed by atoms with E-state index in [1.54, 1.807) is 27.7 Å². The van der Waals surface area contributed by atoms with Crippen molar-refractivity contribution >= 4 is 18.8 Å². The summed E-state index contributed by atoms with van der Waals surface area (Å²) in [6.07, 6.45) is -1.59. The van der Waals surface area contributed by atoms with E-state index in [4.69, 9.17) is 9.26 Å². The van der Waals surface area contributed by atoms with Crippen LogP contribution >= 0.6 is 7.60 Å². The maximum Gasteiger partial charge on any atom is 0.359 e. The van der Waals surface area contributed by atoms with E-state index in [1.807, 2.05) is 0 Å². The Balaban J connectivity index is 2.28. The zero-order chi connectivity index (χ0) is 24.3. The Labute approximate surface area is 185 Å². The van der Waals surface area contributed by atoms with E-state index in [0.29, 0.717) is 0 Å². The van der Waals surface area contributed by atoms with Gasteiger partial charge in [0.15, 0.2) is 22.7 Å². The van der Waals surface area contributed by atoms with E-state index in [2.05, 4.69) is 15.0 Å². The average molecular weight is 476 g/mol. The van der Waals surface area contributed by atoms with Crippen LogP contribution < -0.4 is 5.56 Å². The minimum absolute atomic E-state index is 0.00548. The van der Waals surface area contributed by atoms with Gasteiger partial charge in [0, 0.05) is 13.5 Å². The Morgan fingerprint density at radius 2 is 1.84 bits per heavy atom. The van der Waals surface area contributed by atoms with Gasteiger partial charge in [0.1, 0.15) is 6.10 Å². The maximum absolute atomic E-state index is 12.9. The molecule has 0 amide bonds. The number of hydrogen-bond donors (Lipinski definition) is 5. The Morgan fingerprint density at radius 3 is 2.38 bits per heavy atom. The van der Waals surface area contributed by atoms with E-state index in [-0.39, 0.29) is 36.8 Å². The second-order valence-corrected chi connectivity index (χ2v) is 10.1. The second kappa shape index (κ2) is 10.1. The van der Waals surface area contributed by atoms with Gasteiger partial charge in [-0.2, -0.15) is 0 Å². The zero-order valence-electron chi connectivity index (χ0n) is 18.9. The molecule has 3 unspecified atom stereocenters. The van der Waals surface area contributed by atoms with Crippen LogP contribution in [-0.4, -0.2) is 70.0 Å². The Hall–Kier alpha value is -1.66. The van der Waals surface area contributed by atoms with Crippen LogP contribution in [0.25, 0.3) is 11.2 Å². The summed E-state index contributed by atoms with van der Waals surface area (Å²) in [5, 5.41) is 30.2. The van der Waals surface area contributed by atoms with E-state index >= 15 is 0 Å². The van der Waals surface area contributed by atoms with Crippen molar-refractivity contribution in [2.75, 3.05) is 7.11 Å². The zero-order valence-corrected chi connectivity index (χ0v) is 19.8. The highest BCUT2D eigenvalue weighted by Gasteiger charge is 2.49. The fourth-order valence-corrected chi connectivity index (χ4v) is 5.23. The fraction of sp³-hybridized carbons (Fsp3) is 0.737. The molecule has 0 radical (unpaired) electrons. The Kier molecular flexibility index (Phi) is 8.38. The monoisotopic (exact) mass is 476 g/mol. The molecular formula is C19H33N4O8P. The molecule has 2 rings (SSSR count). The third kappa shape index (κ3) is 5.12. The lowest BCUT2D eigenvalue weighted by Gasteiger charge is -2.39. The molecular weight excluding hydrogens is 443 g/mol. The number of imidazole rings is 1. The normalized spacial score (nSPS) is 19.3. The summed E-state index contributed by atoms with van der Waals surface area (Å²) in [6.45, 7) is 6.48. The average Bonchev–Trinajstić information content (AvgIpc) is 3.21. The highest BCUT2D eigenvalue weighted by atomic mass is 31.2. The molecule has 0 aliphatic heterocycles. The maximum atomic E-state index is 12.9. The van der Waals surface area contributed by atoms with Crippen molar-refractivity contribution in [2.45, 2.75) is 82.8 Å². The van der Waals surface area contributed by atoms with E-state index in [0.717, 1.165) is 10.9 Å². The van der Waals surface area contributed by atoms with Gasteiger partial charge in [-0.1, -0.05) is 20.8 Å². The van der Waals surface area contributed by atoms with Gasteiger partial charge in [0.2, 0.25) is 0 Å². The van der Waals surface area contributed by atoms with Gasteiger partial charge in [-0.25, -0.2) is 9.97 Å². The van der Waals surface area contributed by atoms with Gasteiger partial charge in [0.25, 0.3) is 5.56 Å². The first kappa shape index (κ1) is 26.6. The van der Waals surface area contributed by atoms with E-state index in [1.165, 1.54) is 13.4 Å². The number of aliphatic hydroxyl groups excluding tert-OH is 2. The van der Waals surface area contributed by atoms with Crippen LogP contribution in [0.15, 0.2) is 17.4 Å². The molecule has 0 aromatic carbocycles. The number of aromatic nitrogens is 4. The first-order valence-electron chi connectivity index (χ1n) is 10.4. The molecule has 0 saturated heterocycles. The summed E-state index contributed by atoms with van der Waals surface area (Å²) in [5.74, 6) is 0. The summed E-state index contributed by atoms with van der Waals surface area (Å²) in [5.41, 5.74) is -1.70. The van der Waals surface area contributed by atoms with Crippen LogP contribution in [-0.2, 0) is 13.8 Å². The van der Waals surface area contributed by atoms with Crippen molar-refractivity contribution in [3.05, 3.63) is 23.0 Å². The molecule has 5 N–H and O–H groups in total. The molecule has 2 aromatic heterocycles. The van der Waals surface area contributed by atoms with E-state index in [9.17, 15) is 29.6 Å². The summed E-state index contributed by atoms with van der Waals surface area (Å²) >= 11 is 0. The number of fused-ring (bicyclic) bond motifs is 1. The number of aliphatic hydroxyl groups is 3. The molecule has 0 saturated carbocycles. The number of hydrogen-bond acceptors (Lipinski definition) is 9. The van der Waals surface area contributed by atoms with Gasteiger partial charge < -0.3 is 34.5 Å². The summed E-state index contributed by atoms with van der Waals surface area (Å²) in [7, 11) is -3.15. The largest absolute Gasteiger partial charge is 0.386 e. The molecule has 32 heavy (non-hydrogen) atoms. The van der Waals surface area contributed by atoms with Crippen LogP contribution in [0.2, 0.25) is 0 Å². The number of methoxy groups -OCH3 is 1. The van der Waals surface area contributed by atoms with E-state index < -0.39 is 42.5 Å². The molecule has 0 aliphatic carbocycles. The molecule has 0 bridgehead atoms. The Morgan fingerprint density at radius 1 is 1.22 bits per heavy atom. The molecule has 2 heterocycles. The van der Waals surface area contributed by atoms with Crippen LogP contribution in [0.3, 0.4) is 0 Å². The number of rotatable bonds is 12. The van der Waals surface area contributed by atoms with Crippen molar-refractivity contribution in [1.82, 2.24) is 19.5 Å². The lowest BCUT2D eigenvalue weighted by Crippen LogP contribution is -2.43. The molecule has 13 heteroatoms. The van der Waals surface area contributed by atoms with Crippen molar-refractivity contribution in [1.29, 1.82) is 0 Å². The van der Waals surface area contributed by atoms with Gasteiger partial charge in [-0.15, -0.1) is 0 Å². The Bertz CT molecular complexity index is 1010. The molecule has 0 spiro atoms. The SMILES string of the molecule is CCC(C)(CC(OC)[C@@H](O)[C@@H](O)n1cnc2c(=O)[nH]cnc21)OP(=O)(O)C(O)(CC)CC. The molecule has 182 valence electrons. The number of ether oxygens (including phenoxy) is 1. The molecule has 2 aromatic rings. The topological polar surface area (TPSA) is 180 Å². The number of H-pyrrole nitrogens is 1. The highest BCUT2D eigenvalue weighted by Crippen LogP contribution is 2.60. The van der Waals surface area contributed by atoms with Crippen LogP contribution in [0, 0.1) is 0 Å². The predicted octanol–water partition coefficient (Wildman–Crippen LogP) is 1.26. The van der Waals surface area contributed by atoms with Gasteiger partial charge in [0.05, 0.1) is 24.4 Å². The van der Waals surface area contributed by atoms with Crippen molar-refractivity contribution in [3.63, 3.8) is 0 Å². The standard InChI is InChI=1S/C19H33N4O8P/c1-6-18(4,31-32(28,29)19(27,7-2)8-3)9-12(30-5)14(24)17(26)23-11-22-13-15(23)20-10-21-16(13)25/h10-12,14,17,24,26-27H,6-9H2,1-5H3,(H,28,29)(H,20,21,25)/t12?,14-,17-,18?/m1/s1. The molecule has 12 nitrogen and oxygen atoms in total. The van der Waals surface area contributed by atoms with Gasteiger partial charge in [-0.3, -0.25) is 13.9 Å². The lowest BCUT2D eigenvalue weighted by molar-refractivity contribution is -0.123. The highest BCUT2D eigenvalue weighted by molar-refractivity contribution is 7.54. The third-order valence-corrected chi connectivity index (χ3v) is 8.40. The summed E-state index contributed by atoms with van der Waals surface area (Å²) in [4.78, 5) is 32.6. The van der Waals surface area contributed by atoms with Crippen LogP contribution in [0.1, 0.15) is 59.6 Å². The second-order valence-electron chi connectivity index (χ2n) is 8.04.